The van der Waals surface area contributed by atoms with Crippen LogP contribution < -0.4 is 5.73 Å². The summed E-state index contributed by atoms with van der Waals surface area (Å²) in [6.07, 6.45) is -2.51. The summed E-state index contributed by atoms with van der Waals surface area (Å²) in [5, 5.41) is 21.4. The number of likely N-dealkylation sites (N-methyl/N-ethyl adjacent to an activating group) is 1. The summed E-state index contributed by atoms with van der Waals surface area (Å²) in [5.74, 6) is 1.50. The fraction of sp³-hybridized carbons (Fsp3) is 0.538. The fourth-order valence-electron chi connectivity index (χ4n) is 5.81. The first kappa shape index (κ1) is 26.9. The van der Waals surface area contributed by atoms with Gasteiger partial charge in [-0.2, -0.15) is 13.2 Å². The third kappa shape index (κ3) is 5.23. The molecular formula is C26H31F3N8O3. The molecule has 1 aliphatic heterocycles. The smallest absolute Gasteiger partial charge is 0.387 e. The van der Waals surface area contributed by atoms with Gasteiger partial charge in [0, 0.05) is 19.0 Å². The summed E-state index contributed by atoms with van der Waals surface area (Å²) in [6.45, 7) is 0.444. The van der Waals surface area contributed by atoms with Crippen LogP contribution in [0, 0.1) is 5.92 Å². The monoisotopic (exact) mass is 560 g/mol. The van der Waals surface area contributed by atoms with Gasteiger partial charge in [-0.1, -0.05) is 6.07 Å². The van der Waals surface area contributed by atoms with E-state index in [2.05, 4.69) is 29.8 Å². The number of aliphatic hydroxyl groups is 2. The molecule has 6 rings (SSSR count). The number of halogens is 3. The van der Waals surface area contributed by atoms with Crippen LogP contribution in [-0.2, 0) is 17.6 Å². The number of hydrogen-bond acceptors (Lipinski definition) is 9. The Bertz CT molecular complexity index is 1500. The number of nitrogens with zero attached hydrogens (tertiary/aromatic N) is 6. The van der Waals surface area contributed by atoms with E-state index in [1.807, 2.05) is 7.05 Å². The highest BCUT2D eigenvalue weighted by atomic mass is 19.4. The Kier molecular flexibility index (Phi) is 6.89. The molecule has 40 heavy (non-hydrogen) atoms. The quantitative estimate of drug-likeness (QED) is 0.255. The van der Waals surface area contributed by atoms with Gasteiger partial charge in [-0.25, -0.2) is 19.9 Å². The Hall–Kier alpha value is -3.33. The minimum absolute atomic E-state index is 0.215. The first-order valence-corrected chi connectivity index (χ1v) is 13.2. The van der Waals surface area contributed by atoms with E-state index in [1.165, 1.54) is 24.8 Å². The van der Waals surface area contributed by atoms with Crippen LogP contribution in [0.2, 0.25) is 0 Å². The zero-order chi connectivity index (χ0) is 28.2. The van der Waals surface area contributed by atoms with Crippen molar-refractivity contribution in [1.82, 2.24) is 34.4 Å². The lowest BCUT2D eigenvalue weighted by atomic mass is 9.76. The second kappa shape index (κ2) is 10.3. The number of aromatic amines is 1. The highest BCUT2D eigenvalue weighted by molar-refractivity contribution is 5.81. The second-order valence-electron chi connectivity index (χ2n) is 10.9. The summed E-state index contributed by atoms with van der Waals surface area (Å²) in [6, 6.07) is 4.94. The van der Waals surface area contributed by atoms with Crippen LogP contribution in [0.25, 0.3) is 22.2 Å². The lowest BCUT2D eigenvalue weighted by molar-refractivity contribution is -0.127. The van der Waals surface area contributed by atoms with Crippen LogP contribution in [0.5, 0.6) is 0 Å². The van der Waals surface area contributed by atoms with E-state index in [-0.39, 0.29) is 11.4 Å². The highest BCUT2D eigenvalue weighted by Gasteiger charge is 2.45. The zero-order valence-electron chi connectivity index (χ0n) is 21.8. The summed E-state index contributed by atoms with van der Waals surface area (Å²) in [5.41, 5.74) is 8.19. The van der Waals surface area contributed by atoms with Gasteiger partial charge in [0.1, 0.15) is 36.0 Å². The number of imidazole rings is 2. The number of aromatic nitrogens is 6. The standard InChI is InChI=1S/C26H31F3N8O3/c1-36(10-18-21(38)22(39)25(40-18)37-12-33-20-23(30)31-11-32-24(20)37)15-6-13(7-15)3-5-19-34-16-4-2-14(8-17(16)35-19)9-26(27,28)29/h2,4,8,11-13,15,18,21-22,25,38-39H,3,5-7,9-10H2,1H3,(H,34,35)(H2,30,31,32)/t13?,15?,18-,21-,22-,25-/m1/s1. The number of nitrogen functional groups attached to an aromatic ring is 1. The minimum Gasteiger partial charge on any atom is -0.387 e. The first-order chi connectivity index (χ1) is 19.1. The number of aliphatic hydroxyl groups excluding tert-OH is 2. The molecule has 4 heterocycles. The molecule has 11 nitrogen and oxygen atoms in total. The molecule has 3 aromatic heterocycles. The SMILES string of the molecule is CN(C[C@H]1O[C@@H](n2cnc3c(N)ncnc32)[C@H](O)[C@@H]1O)C1CC(CCc2nc3ccc(CC(F)(F)F)cc3[nH]2)C1. The third-order valence-electron chi connectivity index (χ3n) is 8.09. The van der Waals surface area contributed by atoms with Gasteiger partial charge in [0.2, 0.25) is 0 Å². The van der Waals surface area contributed by atoms with Gasteiger partial charge in [0.05, 0.1) is 23.8 Å². The van der Waals surface area contributed by atoms with Crippen LogP contribution >= 0.6 is 0 Å². The van der Waals surface area contributed by atoms with E-state index in [4.69, 9.17) is 10.5 Å². The highest BCUT2D eigenvalue weighted by Crippen LogP contribution is 2.37. The van der Waals surface area contributed by atoms with Gasteiger partial charge in [-0.3, -0.25) is 4.57 Å². The Morgan fingerprint density at radius 1 is 1.18 bits per heavy atom. The Labute approximate surface area is 227 Å². The first-order valence-electron chi connectivity index (χ1n) is 13.2. The van der Waals surface area contributed by atoms with Gasteiger partial charge in [0.15, 0.2) is 17.7 Å². The maximum Gasteiger partial charge on any atom is 0.393 e. The molecule has 1 aromatic carbocycles. The van der Waals surface area contributed by atoms with E-state index in [0.29, 0.717) is 40.7 Å². The van der Waals surface area contributed by atoms with E-state index in [0.717, 1.165) is 31.5 Å². The molecule has 1 aliphatic carbocycles. The molecule has 2 fully saturated rings. The number of aryl methyl sites for hydroxylation is 1. The van der Waals surface area contributed by atoms with Crippen LogP contribution in [0.1, 0.15) is 36.9 Å². The zero-order valence-corrected chi connectivity index (χ0v) is 21.8. The minimum atomic E-state index is -4.24. The molecule has 14 heteroatoms. The molecule has 0 spiro atoms. The molecular weight excluding hydrogens is 529 g/mol. The van der Waals surface area contributed by atoms with Crippen molar-refractivity contribution in [1.29, 1.82) is 0 Å². The molecule has 0 bridgehead atoms. The van der Waals surface area contributed by atoms with Crippen molar-refractivity contribution >= 4 is 28.0 Å². The molecule has 0 radical (unpaired) electrons. The topological polar surface area (TPSA) is 151 Å². The van der Waals surface area contributed by atoms with Crippen molar-refractivity contribution in [3.8, 4) is 0 Å². The van der Waals surface area contributed by atoms with Crippen molar-refractivity contribution in [3.05, 3.63) is 42.2 Å². The van der Waals surface area contributed by atoms with Gasteiger partial charge in [-0.05, 0) is 49.9 Å². The molecule has 2 aliphatic rings. The lowest BCUT2D eigenvalue weighted by Crippen LogP contribution is -2.47. The number of nitrogens with one attached hydrogen (secondary N) is 1. The molecule has 1 saturated carbocycles. The average molecular weight is 561 g/mol. The molecule has 0 amide bonds. The molecule has 0 unspecified atom stereocenters. The molecule has 1 saturated heterocycles. The van der Waals surface area contributed by atoms with Crippen molar-refractivity contribution in [3.63, 3.8) is 0 Å². The Morgan fingerprint density at radius 3 is 2.75 bits per heavy atom. The van der Waals surface area contributed by atoms with Crippen molar-refractivity contribution in [2.75, 3.05) is 19.3 Å². The van der Waals surface area contributed by atoms with Crippen LogP contribution in [0.3, 0.4) is 0 Å². The number of benzene rings is 1. The van der Waals surface area contributed by atoms with Crippen molar-refractivity contribution in [2.24, 2.45) is 5.92 Å². The Morgan fingerprint density at radius 2 is 1.98 bits per heavy atom. The van der Waals surface area contributed by atoms with Crippen molar-refractivity contribution in [2.45, 2.75) is 68.9 Å². The number of hydrogen-bond donors (Lipinski definition) is 4. The lowest BCUT2D eigenvalue weighted by Gasteiger charge is -2.42. The summed E-state index contributed by atoms with van der Waals surface area (Å²) < 4.78 is 45.8. The van der Waals surface area contributed by atoms with Gasteiger partial charge in [0.25, 0.3) is 0 Å². The largest absolute Gasteiger partial charge is 0.393 e. The maximum absolute atomic E-state index is 12.7. The normalized spacial score (nSPS) is 27.2. The summed E-state index contributed by atoms with van der Waals surface area (Å²) in [4.78, 5) is 22.2. The van der Waals surface area contributed by atoms with Gasteiger partial charge < -0.3 is 30.6 Å². The fourth-order valence-corrected chi connectivity index (χ4v) is 5.81. The van der Waals surface area contributed by atoms with E-state index in [9.17, 15) is 23.4 Å². The average Bonchev–Trinajstić information content (AvgIpc) is 3.54. The van der Waals surface area contributed by atoms with E-state index < -0.39 is 37.1 Å². The number of alkyl halides is 3. The van der Waals surface area contributed by atoms with Crippen LogP contribution in [-0.4, -0.2) is 88.7 Å². The number of H-pyrrole nitrogens is 1. The number of fused-ring (bicyclic) bond motifs is 2. The number of anilines is 1. The number of rotatable bonds is 8. The molecule has 214 valence electrons. The van der Waals surface area contributed by atoms with E-state index in [1.54, 1.807) is 10.6 Å². The summed E-state index contributed by atoms with van der Waals surface area (Å²) >= 11 is 0. The Balaban J connectivity index is 0.999. The third-order valence-corrected chi connectivity index (χ3v) is 8.09. The van der Waals surface area contributed by atoms with Gasteiger partial charge >= 0.3 is 6.18 Å². The molecule has 4 aromatic rings. The molecule has 4 atom stereocenters. The van der Waals surface area contributed by atoms with Crippen LogP contribution in [0.15, 0.2) is 30.9 Å². The summed E-state index contributed by atoms with van der Waals surface area (Å²) in [7, 11) is 1.98. The number of ether oxygens (including phenoxy) is 1. The van der Waals surface area contributed by atoms with Crippen LogP contribution in [0.4, 0.5) is 19.0 Å². The second-order valence-corrected chi connectivity index (χ2v) is 10.9. The maximum atomic E-state index is 12.7. The van der Waals surface area contributed by atoms with Gasteiger partial charge in [-0.15, -0.1) is 0 Å². The number of nitrogens with two attached hydrogens (primary N) is 1. The predicted octanol–water partition coefficient (Wildman–Crippen LogP) is 2.35. The van der Waals surface area contributed by atoms with Crippen molar-refractivity contribution < 1.29 is 28.1 Å². The van der Waals surface area contributed by atoms with E-state index >= 15 is 0 Å². The predicted molar refractivity (Wildman–Crippen MR) is 139 cm³/mol. The molecule has 5 N–H and O–H groups in total.